The van der Waals surface area contributed by atoms with Crippen molar-refractivity contribution in [2.24, 2.45) is 0 Å². The fourth-order valence-corrected chi connectivity index (χ4v) is 2.14. The van der Waals surface area contributed by atoms with Crippen LogP contribution in [0.2, 0.25) is 5.02 Å². The predicted molar refractivity (Wildman–Crippen MR) is 76.1 cm³/mol. The highest BCUT2D eigenvalue weighted by molar-refractivity contribution is 6.30. The number of piperazine rings is 1. The maximum Gasteiger partial charge on any atom is 0.322 e. The average molecular weight is 312 g/mol. The Balaban J connectivity index is 1.97. The smallest absolute Gasteiger partial charge is 0.322 e. The molecule has 1 fully saturated rings. The molecule has 21 heavy (non-hydrogen) atoms. The molecule has 8 heteroatoms. The minimum Gasteiger partial charge on any atom is -0.480 e. The number of nitrogens with one attached hydrogen (secondary N) is 2. The first-order valence-electron chi connectivity index (χ1n) is 6.24. The third-order valence-corrected chi connectivity index (χ3v) is 3.29. The second-order valence-electron chi connectivity index (χ2n) is 4.62. The first-order valence-corrected chi connectivity index (χ1v) is 6.62. The zero-order chi connectivity index (χ0) is 15.4. The molecule has 0 radical (unpaired) electrons. The van der Waals surface area contributed by atoms with Crippen LogP contribution >= 0.6 is 11.6 Å². The Morgan fingerprint density at radius 3 is 2.67 bits per heavy atom. The van der Waals surface area contributed by atoms with Gasteiger partial charge in [0.05, 0.1) is 13.1 Å². The number of carboxylic acid groups (broad SMARTS) is 1. The summed E-state index contributed by atoms with van der Waals surface area (Å²) in [4.78, 5) is 35.7. The number of nitrogens with zero attached hydrogens (tertiary/aromatic N) is 1. The van der Waals surface area contributed by atoms with Gasteiger partial charge in [0, 0.05) is 17.3 Å². The first kappa shape index (κ1) is 15.3. The number of rotatable bonds is 4. The summed E-state index contributed by atoms with van der Waals surface area (Å²) in [6.45, 7) is -0.305. The number of anilines is 1. The molecule has 0 spiro atoms. The van der Waals surface area contributed by atoms with Crippen molar-refractivity contribution in [1.29, 1.82) is 0 Å². The third kappa shape index (κ3) is 4.17. The molecule has 0 aliphatic carbocycles. The molecule has 1 aliphatic heterocycles. The summed E-state index contributed by atoms with van der Waals surface area (Å²) in [6, 6.07) is 5.63. The average Bonchev–Trinajstić information content (AvgIpc) is 2.41. The second kappa shape index (κ2) is 6.55. The van der Waals surface area contributed by atoms with E-state index in [4.69, 9.17) is 16.7 Å². The van der Waals surface area contributed by atoms with Crippen LogP contribution in [-0.4, -0.2) is 53.5 Å². The lowest BCUT2D eigenvalue weighted by molar-refractivity contribution is -0.146. The number of halogens is 1. The molecule has 3 N–H and O–H groups in total. The Hall–Kier alpha value is -2.12. The topological polar surface area (TPSA) is 98.7 Å². The highest BCUT2D eigenvalue weighted by Crippen LogP contribution is 2.13. The van der Waals surface area contributed by atoms with Gasteiger partial charge in [-0.1, -0.05) is 11.6 Å². The first-order chi connectivity index (χ1) is 9.95. The van der Waals surface area contributed by atoms with E-state index < -0.39 is 17.9 Å². The van der Waals surface area contributed by atoms with E-state index in [1.165, 1.54) is 4.90 Å². The lowest BCUT2D eigenvalue weighted by atomic mass is 10.2. The Morgan fingerprint density at radius 2 is 2.05 bits per heavy atom. The van der Waals surface area contributed by atoms with Gasteiger partial charge >= 0.3 is 5.97 Å². The van der Waals surface area contributed by atoms with Gasteiger partial charge in [-0.15, -0.1) is 0 Å². The van der Waals surface area contributed by atoms with E-state index in [9.17, 15) is 14.4 Å². The molecule has 1 atom stereocenters. The molecule has 1 saturated heterocycles. The van der Waals surface area contributed by atoms with Gasteiger partial charge in [0.15, 0.2) is 0 Å². The fraction of sp³-hybridized carbons (Fsp3) is 0.308. The summed E-state index contributed by atoms with van der Waals surface area (Å²) in [5.74, 6) is -1.76. The summed E-state index contributed by atoms with van der Waals surface area (Å²) in [5.41, 5.74) is 0.553. The number of carboxylic acids is 1. The van der Waals surface area contributed by atoms with Gasteiger partial charge in [-0.05, 0) is 24.3 Å². The highest BCUT2D eigenvalue weighted by Gasteiger charge is 2.32. The number of hydrogen-bond acceptors (Lipinski definition) is 4. The molecule has 1 aromatic rings. The fourth-order valence-electron chi connectivity index (χ4n) is 2.02. The third-order valence-electron chi connectivity index (χ3n) is 3.04. The van der Waals surface area contributed by atoms with Crippen molar-refractivity contribution in [3.8, 4) is 0 Å². The van der Waals surface area contributed by atoms with Crippen LogP contribution in [0.1, 0.15) is 0 Å². The van der Waals surface area contributed by atoms with Crippen LogP contribution in [0.25, 0.3) is 0 Å². The Kier molecular flexibility index (Phi) is 4.77. The van der Waals surface area contributed by atoms with Gasteiger partial charge in [0.1, 0.15) is 6.04 Å². The molecule has 0 saturated carbocycles. The van der Waals surface area contributed by atoms with Gasteiger partial charge in [-0.25, -0.2) is 0 Å². The van der Waals surface area contributed by atoms with Gasteiger partial charge in [-0.3, -0.25) is 19.3 Å². The molecule has 1 unspecified atom stereocenters. The van der Waals surface area contributed by atoms with E-state index >= 15 is 0 Å². The second-order valence-corrected chi connectivity index (χ2v) is 5.05. The molecule has 0 bridgehead atoms. The molecule has 1 aliphatic rings. The molecule has 2 amide bonds. The molecule has 1 heterocycles. The number of carbonyl (C=O) groups excluding carboxylic acids is 2. The largest absolute Gasteiger partial charge is 0.480 e. The number of carbonyl (C=O) groups is 3. The Labute approximate surface area is 125 Å². The van der Waals surface area contributed by atoms with Crippen LogP contribution in [0.15, 0.2) is 24.3 Å². The Bertz CT molecular complexity index is 561. The van der Waals surface area contributed by atoms with Crippen molar-refractivity contribution < 1.29 is 19.5 Å². The van der Waals surface area contributed by atoms with Crippen molar-refractivity contribution in [3.63, 3.8) is 0 Å². The normalized spacial score (nSPS) is 18.9. The summed E-state index contributed by atoms with van der Waals surface area (Å²) < 4.78 is 0. The number of hydrogen-bond donors (Lipinski definition) is 3. The quantitative estimate of drug-likeness (QED) is 0.736. The molecule has 0 aromatic heterocycles. The lowest BCUT2D eigenvalue weighted by Crippen LogP contribution is -2.58. The monoisotopic (exact) mass is 311 g/mol. The summed E-state index contributed by atoms with van der Waals surface area (Å²) in [7, 11) is 0. The van der Waals surface area contributed by atoms with E-state index in [0.29, 0.717) is 10.7 Å². The van der Waals surface area contributed by atoms with Gasteiger partial charge in [-0.2, -0.15) is 0 Å². The van der Waals surface area contributed by atoms with Crippen LogP contribution < -0.4 is 10.6 Å². The van der Waals surface area contributed by atoms with E-state index in [1.807, 2.05) is 0 Å². The van der Waals surface area contributed by atoms with Crippen molar-refractivity contribution in [2.75, 3.05) is 25.0 Å². The summed E-state index contributed by atoms with van der Waals surface area (Å²) >= 11 is 5.74. The number of benzene rings is 1. The van der Waals surface area contributed by atoms with Crippen LogP contribution in [0.4, 0.5) is 5.69 Å². The predicted octanol–water partition coefficient (Wildman–Crippen LogP) is 0.163. The minimum absolute atomic E-state index is 0.0115. The van der Waals surface area contributed by atoms with Crippen molar-refractivity contribution in [1.82, 2.24) is 10.2 Å². The molecule has 112 valence electrons. The number of aliphatic carboxylic acids is 1. The molecule has 7 nitrogen and oxygen atoms in total. The van der Waals surface area contributed by atoms with Crippen molar-refractivity contribution >= 4 is 35.1 Å². The van der Waals surface area contributed by atoms with Crippen LogP contribution in [-0.2, 0) is 14.4 Å². The SMILES string of the molecule is O=C1CN(CC(=O)Nc2ccc(Cl)cc2)C(C(=O)O)CN1. The molecule has 1 aromatic carbocycles. The van der Waals surface area contributed by atoms with Gasteiger partial charge in [0.2, 0.25) is 11.8 Å². The van der Waals surface area contributed by atoms with E-state index in [2.05, 4.69) is 10.6 Å². The van der Waals surface area contributed by atoms with E-state index in [1.54, 1.807) is 24.3 Å². The van der Waals surface area contributed by atoms with Crippen LogP contribution in [0.5, 0.6) is 0 Å². The Morgan fingerprint density at radius 1 is 1.38 bits per heavy atom. The number of amides is 2. The maximum atomic E-state index is 11.9. The summed E-state index contributed by atoms with van der Waals surface area (Å²) in [6.07, 6.45) is 0. The van der Waals surface area contributed by atoms with Crippen LogP contribution in [0.3, 0.4) is 0 Å². The maximum absolute atomic E-state index is 11.9. The van der Waals surface area contributed by atoms with Gasteiger partial charge < -0.3 is 15.7 Å². The zero-order valence-corrected chi connectivity index (χ0v) is 11.8. The van der Waals surface area contributed by atoms with Gasteiger partial charge in [0.25, 0.3) is 0 Å². The van der Waals surface area contributed by atoms with Crippen molar-refractivity contribution in [3.05, 3.63) is 29.3 Å². The summed E-state index contributed by atoms with van der Waals surface area (Å²) in [5, 5.41) is 14.7. The molecule has 2 rings (SSSR count). The molecular formula is C13H14ClN3O4. The van der Waals surface area contributed by atoms with E-state index in [-0.39, 0.29) is 25.5 Å². The molecular weight excluding hydrogens is 298 g/mol. The standard InChI is InChI=1S/C13H14ClN3O4/c14-8-1-3-9(4-2-8)16-12(19)7-17-6-11(18)15-5-10(17)13(20)21/h1-4,10H,5-7H2,(H,15,18)(H,16,19)(H,20,21). The minimum atomic E-state index is -1.07. The zero-order valence-electron chi connectivity index (χ0n) is 11.0. The highest BCUT2D eigenvalue weighted by atomic mass is 35.5. The lowest BCUT2D eigenvalue weighted by Gasteiger charge is -2.31. The van der Waals surface area contributed by atoms with E-state index in [0.717, 1.165) is 0 Å². The van der Waals surface area contributed by atoms with Crippen molar-refractivity contribution in [2.45, 2.75) is 6.04 Å². The van der Waals surface area contributed by atoms with Crippen LogP contribution in [0, 0.1) is 0 Å².